The zero-order chi connectivity index (χ0) is 40.2. The van der Waals surface area contributed by atoms with Crippen LogP contribution >= 0.6 is 0 Å². The normalized spacial score (nSPS) is 20.4. The highest BCUT2D eigenvalue weighted by atomic mass is 16.7. The minimum absolute atomic E-state index is 0.209. The van der Waals surface area contributed by atoms with Gasteiger partial charge in [0.15, 0.2) is 12.4 Å². The number of rotatable bonds is 39. The van der Waals surface area contributed by atoms with Crippen LogP contribution in [0.2, 0.25) is 0 Å². The van der Waals surface area contributed by atoms with E-state index in [4.69, 9.17) is 18.9 Å². The third-order valence-electron chi connectivity index (χ3n) is 11.0. The molecule has 10 nitrogen and oxygen atoms in total. The number of hydrogen-bond acceptors (Lipinski definition) is 10. The van der Waals surface area contributed by atoms with E-state index < -0.39 is 49.4 Å². The van der Waals surface area contributed by atoms with Crippen LogP contribution < -0.4 is 0 Å². The Morgan fingerprint density at radius 3 is 1.24 bits per heavy atom. The number of hydrogen-bond donors (Lipinski definition) is 4. The highest BCUT2D eigenvalue weighted by Gasteiger charge is 2.44. The van der Waals surface area contributed by atoms with Crippen LogP contribution in [0.15, 0.2) is 0 Å². The number of aliphatic hydroxyl groups is 4. The van der Waals surface area contributed by atoms with E-state index in [2.05, 4.69) is 13.8 Å². The molecule has 0 bridgehead atoms. The number of carbonyl (C=O) groups excluding carboxylic acids is 2. The molecule has 0 saturated carbocycles. The van der Waals surface area contributed by atoms with Crippen LogP contribution in [0, 0.1) is 0 Å². The molecule has 1 rings (SSSR count). The van der Waals surface area contributed by atoms with Gasteiger partial charge in [0, 0.05) is 12.8 Å². The molecule has 6 atom stereocenters. The zero-order valence-electron chi connectivity index (χ0n) is 35.5. The van der Waals surface area contributed by atoms with Gasteiger partial charge in [-0.3, -0.25) is 9.59 Å². The highest BCUT2D eigenvalue weighted by molar-refractivity contribution is 5.70. The van der Waals surface area contributed by atoms with Crippen molar-refractivity contribution in [3.05, 3.63) is 0 Å². The second kappa shape index (κ2) is 37.0. The Kier molecular flexibility index (Phi) is 34.8. The molecule has 0 spiro atoms. The van der Waals surface area contributed by atoms with Gasteiger partial charge in [-0.15, -0.1) is 0 Å². The molecule has 0 aromatic carbocycles. The maximum absolute atomic E-state index is 12.7. The van der Waals surface area contributed by atoms with Crippen molar-refractivity contribution in [1.29, 1.82) is 0 Å². The van der Waals surface area contributed by atoms with Crippen molar-refractivity contribution in [2.45, 2.75) is 256 Å². The first-order valence-corrected chi connectivity index (χ1v) is 23.1. The smallest absolute Gasteiger partial charge is 0.306 e. The van der Waals surface area contributed by atoms with Crippen molar-refractivity contribution >= 4 is 11.9 Å². The molecule has 4 N–H and O–H groups in total. The average Bonchev–Trinajstić information content (AvgIpc) is 3.18. The number of esters is 2. The largest absolute Gasteiger partial charge is 0.462 e. The van der Waals surface area contributed by atoms with E-state index in [1.807, 2.05) is 0 Å². The van der Waals surface area contributed by atoms with E-state index in [1.165, 1.54) is 148 Å². The minimum atomic E-state index is -1.59. The molecule has 0 amide bonds. The first-order chi connectivity index (χ1) is 26.8. The van der Waals surface area contributed by atoms with Crippen LogP contribution in [0.3, 0.4) is 0 Å². The maximum Gasteiger partial charge on any atom is 0.306 e. The lowest BCUT2D eigenvalue weighted by molar-refractivity contribution is -0.305. The second-order valence-corrected chi connectivity index (χ2v) is 16.2. The molecule has 2 unspecified atom stereocenters. The summed E-state index contributed by atoms with van der Waals surface area (Å²) in [6, 6.07) is 0. The Balaban J connectivity index is 2.21. The van der Waals surface area contributed by atoms with Crippen molar-refractivity contribution < 1.29 is 49.0 Å². The zero-order valence-corrected chi connectivity index (χ0v) is 35.5. The Morgan fingerprint density at radius 1 is 0.491 bits per heavy atom. The molecule has 0 aromatic rings. The Morgan fingerprint density at radius 2 is 0.855 bits per heavy atom. The first-order valence-electron chi connectivity index (χ1n) is 23.1. The monoisotopic (exact) mass is 787 g/mol. The van der Waals surface area contributed by atoms with E-state index in [1.54, 1.807) is 0 Å². The predicted molar refractivity (Wildman–Crippen MR) is 220 cm³/mol. The quantitative estimate of drug-likeness (QED) is 0.0350. The molecule has 1 aliphatic heterocycles. The summed E-state index contributed by atoms with van der Waals surface area (Å²) in [6.45, 7) is 3.43. The van der Waals surface area contributed by atoms with Crippen molar-refractivity contribution in [3.8, 4) is 0 Å². The van der Waals surface area contributed by atoms with Crippen molar-refractivity contribution in [2.75, 3.05) is 19.8 Å². The molecule has 1 saturated heterocycles. The van der Waals surface area contributed by atoms with Gasteiger partial charge in [-0.25, -0.2) is 0 Å². The van der Waals surface area contributed by atoms with Gasteiger partial charge < -0.3 is 39.4 Å². The fourth-order valence-electron chi connectivity index (χ4n) is 7.31. The van der Waals surface area contributed by atoms with E-state index in [-0.39, 0.29) is 32.0 Å². The Bertz CT molecular complexity index is 871. The van der Waals surface area contributed by atoms with Gasteiger partial charge in [0.2, 0.25) is 0 Å². The summed E-state index contributed by atoms with van der Waals surface area (Å²) in [4.78, 5) is 25.2. The van der Waals surface area contributed by atoms with Crippen LogP contribution in [0.25, 0.3) is 0 Å². The van der Waals surface area contributed by atoms with E-state index in [0.717, 1.165) is 38.5 Å². The third-order valence-corrected chi connectivity index (χ3v) is 11.0. The summed E-state index contributed by atoms with van der Waals surface area (Å²) < 4.78 is 22.1. The molecular formula is C45H86O10. The summed E-state index contributed by atoms with van der Waals surface area (Å²) in [6.07, 6.45) is 29.9. The molecule has 0 aliphatic carbocycles. The molecule has 1 aliphatic rings. The van der Waals surface area contributed by atoms with Crippen LogP contribution in [-0.4, -0.2) is 89.0 Å². The number of unbranched alkanes of at least 4 members (excludes halogenated alkanes) is 28. The third kappa shape index (κ3) is 28.7. The van der Waals surface area contributed by atoms with Gasteiger partial charge in [0.05, 0.1) is 13.2 Å². The SMILES string of the molecule is CCCCCCCCCCCCCCCCCCCCCCCC(=O)OC[C@@H](CO[C@H]1O[C@@H](CO)[C@@H](O)C(O)C1O)OC(=O)CCCCCCCCCCC. The second-order valence-electron chi connectivity index (χ2n) is 16.2. The molecule has 55 heavy (non-hydrogen) atoms. The molecule has 10 heteroatoms. The van der Waals surface area contributed by atoms with Gasteiger partial charge in [0.1, 0.15) is 31.0 Å². The molecule has 0 radical (unpaired) electrons. The van der Waals surface area contributed by atoms with Crippen molar-refractivity contribution in [2.24, 2.45) is 0 Å². The van der Waals surface area contributed by atoms with Crippen LogP contribution in [0.5, 0.6) is 0 Å². The van der Waals surface area contributed by atoms with Crippen molar-refractivity contribution in [1.82, 2.24) is 0 Å². The summed E-state index contributed by atoms with van der Waals surface area (Å²) in [5.41, 5.74) is 0. The Labute approximate surface area is 336 Å². The lowest BCUT2D eigenvalue weighted by Crippen LogP contribution is -2.59. The topological polar surface area (TPSA) is 152 Å². The molecule has 1 heterocycles. The van der Waals surface area contributed by atoms with Gasteiger partial charge >= 0.3 is 11.9 Å². The standard InChI is InChI=1S/C45H86O10/c1-3-5-7-9-11-13-14-15-16-17-18-19-20-21-22-23-24-26-27-29-31-33-40(47)52-36-38(37-53-45-44(51)43(50)42(49)39(35-46)55-45)54-41(48)34-32-30-28-25-12-10-8-6-4-2/h38-39,42-46,49-51H,3-37H2,1-2H3/t38-,39-,42+,43?,44?,45-/m0/s1. The number of aliphatic hydroxyl groups excluding tert-OH is 4. The summed E-state index contributed by atoms with van der Waals surface area (Å²) in [7, 11) is 0. The number of carbonyl (C=O) groups is 2. The fourth-order valence-corrected chi connectivity index (χ4v) is 7.31. The van der Waals surface area contributed by atoms with Crippen LogP contribution in [0.4, 0.5) is 0 Å². The lowest BCUT2D eigenvalue weighted by Gasteiger charge is -2.39. The van der Waals surface area contributed by atoms with E-state index >= 15 is 0 Å². The van der Waals surface area contributed by atoms with Gasteiger partial charge in [-0.05, 0) is 12.8 Å². The molecule has 0 aromatic heterocycles. The summed E-state index contributed by atoms with van der Waals surface area (Å²) in [5.74, 6) is -0.795. The molecule has 1 fully saturated rings. The molecule has 326 valence electrons. The van der Waals surface area contributed by atoms with Crippen molar-refractivity contribution in [3.63, 3.8) is 0 Å². The van der Waals surface area contributed by atoms with E-state index in [0.29, 0.717) is 6.42 Å². The maximum atomic E-state index is 12.7. The molecular weight excluding hydrogens is 700 g/mol. The van der Waals surface area contributed by atoms with Gasteiger partial charge in [-0.2, -0.15) is 0 Å². The lowest BCUT2D eigenvalue weighted by atomic mass is 9.99. The van der Waals surface area contributed by atoms with Gasteiger partial charge in [-0.1, -0.05) is 194 Å². The summed E-state index contributed by atoms with van der Waals surface area (Å²) in [5, 5.41) is 40.0. The highest BCUT2D eigenvalue weighted by Crippen LogP contribution is 2.23. The Hall–Kier alpha value is -1.30. The van der Waals surface area contributed by atoms with Gasteiger partial charge in [0.25, 0.3) is 0 Å². The average molecular weight is 787 g/mol. The van der Waals surface area contributed by atoms with E-state index in [9.17, 15) is 30.0 Å². The summed E-state index contributed by atoms with van der Waals surface area (Å²) >= 11 is 0. The number of ether oxygens (including phenoxy) is 4. The first kappa shape index (κ1) is 51.7. The van der Waals surface area contributed by atoms with Crippen LogP contribution in [-0.2, 0) is 28.5 Å². The predicted octanol–water partition coefficient (Wildman–Crippen LogP) is 9.78. The van der Waals surface area contributed by atoms with Crippen LogP contribution in [0.1, 0.15) is 219 Å². The fraction of sp³-hybridized carbons (Fsp3) is 0.956. The minimum Gasteiger partial charge on any atom is -0.462 e.